The zero-order chi connectivity index (χ0) is 37.5. The van der Waals surface area contributed by atoms with Crippen LogP contribution in [0.1, 0.15) is 5.48 Å². The number of hydrogen-bond acceptors (Lipinski definition) is 1. The lowest BCUT2D eigenvalue weighted by Crippen LogP contribution is -2.10. The molecule has 0 radical (unpaired) electrons. The summed E-state index contributed by atoms with van der Waals surface area (Å²) in [5.74, 6) is 0. The van der Waals surface area contributed by atoms with Crippen LogP contribution in [0, 0.1) is 0 Å². The lowest BCUT2D eigenvalue weighted by molar-refractivity contribution is 1.28. The second kappa shape index (κ2) is 13.3. The Bertz CT molecular complexity index is 2840. The first-order valence-corrected chi connectivity index (χ1v) is 17.2. The third kappa shape index (κ3) is 5.96. The van der Waals surface area contributed by atoms with Crippen LogP contribution in [-0.2, 0) is 0 Å². The van der Waals surface area contributed by atoms with Gasteiger partial charge in [-0.25, -0.2) is 0 Å². The Labute approximate surface area is 305 Å². The molecule has 0 amide bonds. The normalized spacial score (nSPS) is 12.2. The molecule has 1 heteroatoms. The van der Waals surface area contributed by atoms with Crippen LogP contribution in [0.2, 0.25) is 0 Å². The molecule has 0 saturated carbocycles. The summed E-state index contributed by atoms with van der Waals surface area (Å²) in [5.41, 5.74) is 9.31. The van der Waals surface area contributed by atoms with Crippen LogP contribution in [-0.4, -0.2) is 0 Å². The number of benzene rings is 9. The number of nitrogens with zero attached hydrogens (tertiary/aromatic N) is 1. The molecule has 0 saturated heterocycles. The van der Waals surface area contributed by atoms with Gasteiger partial charge in [0.25, 0.3) is 0 Å². The smallest absolute Gasteiger partial charge is 0.0651 e. The molecule has 0 bridgehead atoms. The molecule has 0 aliphatic heterocycles. The highest BCUT2D eigenvalue weighted by Gasteiger charge is 2.16. The van der Waals surface area contributed by atoms with Crippen molar-refractivity contribution in [2.24, 2.45) is 0 Å². The fourth-order valence-electron chi connectivity index (χ4n) is 7.01. The Kier molecular flexibility index (Phi) is 6.84. The van der Waals surface area contributed by atoms with E-state index in [2.05, 4.69) is 97.1 Å². The lowest BCUT2D eigenvalue weighted by Gasteiger charge is -2.26. The van der Waals surface area contributed by atoms with Gasteiger partial charge in [0.1, 0.15) is 0 Å². The molecule has 0 aliphatic carbocycles. The molecule has 9 aromatic rings. The van der Waals surface area contributed by atoms with Crippen LogP contribution in [0.4, 0.5) is 17.1 Å². The van der Waals surface area contributed by atoms with Gasteiger partial charge in [0.2, 0.25) is 0 Å². The van der Waals surface area contributed by atoms with Crippen molar-refractivity contribution in [3.63, 3.8) is 0 Å². The second-order valence-electron chi connectivity index (χ2n) is 12.7. The van der Waals surface area contributed by atoms with E-state index in [1.807, 2.05) is 95.9 Å². The van der Waals surface area contributed by atoms with E-state index in [0.29, 0.717) is 11.1 Å². The summed E-state index contributed by atoms with van der Waals surface area (Å²) in [4.78, 5) is 1.90. The summed E-state index contributed by atoms with van der Waals surface area (Å²) in [5, 5.41) is 4.20. The Hall–Kier alpha value is -6.70. The summed E-state index contributed by atoms with van der Waals surface area (Å²) in [7, 11) is 0. The summed E-state index contributed by atoms with van der Waals surface area (Å²) in [6, 6.07) is 63.0. The van der Waals surface area contributed by atoms with Gasteiger partial charge in [0, 0.05) is 17.1 Å². The molecule has 51 heavy (non-hydrogen) atoms. The fourth-order valence-corrected chi connectivity index (χ4v) is 7.01. The van der Waals surface area contributed by atoms with E-state index >= 15 is 0 Å². The van der Waals surface area contributed by atoms with E-state index in [4.69, 9.17) is 2.74 Å². The van der Waals surface area contributed by atoms with Gasteiger partial charge in [0.15, 0.2) is 0 Å². The topological polar surface area (TPSA) is 3.24 Å². The van der Waals surface area contributed by atoms with Crippen LogP contribution in [0.3, 0.4) is 0 Å². The predicted octanol–water partition coefficient (Wildman–Crippen LogP) is 14.1. The van der Waals surface area contributed by atoms with Crippen LogP contribution >= 0.6 is 0 Å². The fraction of sp³-hybridized carbons (Fsp3) is 0. The summed E-state index contributed by atoms with van der Waals surface area (Å²) < 4.78 is 37.2. The van der Waals surface area contributed by atoms with Crippen molar-refractivity contribution in [2.45, 2.75) is 0 Å². The molecule has 0 heterocycles. The van der Waals surface area contributed by atoms with E-state index in [-0.39, 0.29) is 29.9 Å². The zero-order valence-electron chi connectivity index (χ0n) is 31.8. The molecular formula is C50H35N. The SMILES string of the molecule is [2H]c1c([2H])c(-c2cccc3ccccc23)c([2H])c(N(c2ccc(-c3cccc(-c4ccccc4)c3)cc2)c2ccc(-c3cccc4ccccc34)cc2)c1[2H]. The van der Waals surface area contributed by atoms with Gasteiger partial charge in [0.05, 0.1) is 5.48 Å². The second-order valence-corrected chi connectivity index (χ2v) is 12.7. The van der Waals surface area contributed by atoms with Crippen molar-refractivity contribution in [2.75, 3.05) is 4.90 Å². The third-order valence-corrected chi connectivity index (χ3v) is 9.55. The maximum Gasteiger partial charge on any atom is 0.0651 e. The largest absolute Gasteiger partial charge is 0.310 e. The highest BCUT2D eigenvalue weighted by atomic mass is 15.1. The molecule has 0 aliphatic rings. The molecule has 0 N–H and O–H groups in total. The maximum absolute atomic E-state index is 9.75. The molecule has 0 fully saturated rings. The molecule has 1 nitrogen and oxygen atoms in total. The van der Waals surface area contributed by atoms with Crippen LogP contribution in [0.25, 0.3) is 66.1 Å². The van der Waals surface area contributed by atoms with Crippen molar-refractivity contribution in [1.82, 2.24) is 0 Å². The first kappa shape index (κ1) is 26.2. The minimum atomic E-state index is -0.222. The monoisotopic (exact) mass is 653 g/mol. The molecule has 0 atom stereocenters. The summed E-state index contributed by atoms with van der Waals surface area (Å²) >= 11 is 0. The lowest BCUT2D eigenvalue weighted by atomic mass is 9.97. The van der Waals surface area contributed by atoms with E-state index < -0.39 is 0 Å². The van der Waals surface area contributed by atoms with E-state index in [0.717, 1.165) is 66.3 Å². The highest BCUT2D eigenvalue weighted by molar-refractivity contribution is 5.98. The molecule has 0 aromatic heterocycles. The standard InChI is InChI=1S/C50H35N/c1-2-12-36(13-3-1)41-18-8-19-42(34-41)37-26-30-44(31-27-37)51(45-32-28-40(29-33-45)49-24-10-16-38-14-4-6-22-47(38)49)46-21-9-20-43(35-46)50-25-11-17-39-15-5-7-23-48(39)50/h1-35H/i9D,20D,21D,35D. The molecule has 0 unspecified atom stereocenters. The minimum Gasteiger partial charge on any atom is -0.310 e. The Morgan fingerprint density at radius 3 is 1.43 bits per heavy atom. The van der Waals surface area contributed by atoms with E-state index in [1.54, 1.807) is 0 Å². The first-order valence-electron chi connectivity index (χ1n) is 19.2. The Balaban J connectivity index is 1.21. The van der Waals surface area contributed by atoms with E-state index in [1.165, 1.54) is 0 Å². The van der Waals surface area contributed by atoms with Crippen molar-refractivity contribution >= 4 is 38.6 Å². The third-order valence-electron chi connectivity index (χ3n) is 9.55. The number of fused-ring (bicyclic) bond motifs is 2. The van der Waals surface area contributed by atoms with Crippen LogP contribution in [0.5, 0.6) is 0 Å². The summed E-state index contributed by atoms with van der Waals surface area (Å²) in [6.07, 6.45) is 0. The van der Waals surface area contributed by atoms with E-state index in [9.17, 15) is 2.74 Å². The minimum absolute atomic E-state index is 0.0279. The average Bonchev–Trinajstić information content (AvgIpc) is 3.25. The molecular weight excluding hydrogens is 615 g/mol. The zero-order valence-corrected chi connectivity index (χ0v) is 27.8. The van der Waals surface area contributed by atoms with Crippen molar-refractivity contribution in [3.8, 4) is 44.5 Å². The first-order chi connectivity index (χ1) is 27.0. The maximum atomic E-state index is 9.75. The molecule has 9 aromatic carbocycles. The van der Waals surface area contributed by atoms with Crippen LogP contribution in [0.15, 0.2) is 212 Å². The van der Waals surface area contributed by atoms with Crippen molar-refractivity contribution in [1.29, 1.82) is 0 Å². The van der Waals surface area contributed by atoms with Gasteiger partial charge in [-0.15, -0.1) is 0 Å². The molecule has 9 rings (SSSR count). The molecule has 0 spiro atoms. The molecule has 240 valence electrons. The van der Waals surface area contributed by atoms with Crippen LogP contribution < -0.4 is 4.90 Å². The van der Waals surface area contributed by atoms with Gasteiger partial charge in [-0.2, -0.15) is 0 Å². The average molecular weight is 654 g/mol. The Morgan fingerprint density at radius 1 is 0.333 bits per heavy atom. The quantitative estimate of drug-likeness (QED) is 0.165. The predicted molar refractivity (Wildman–Crippen MR) is 218 cm³/mol. The number of rotatable bonds is 7. The van der Waals surface area contributed by atoms with Gasteiger partial charge < -0.3 is 4.90 Å². The highest BCUT2D eigenvalue weighted by Crippen LogP contribution is 2.40. The number of anilines is 3. The van der Waals surface area contributed by atoms with Gasteiger partial charge in [-0.05, 0) is 108 Å². The van der Waals surface area contributed by atoms with Gasteiger partial charge >= 0.3 is 0 Å². The van der Waals surface area contributed by atoms with Crippen molar-refractivity contribution in [3.05, 3.63) is 212 Å². The number of hydrogen-bond donors (Lipinski definition) is 0. The van der Waals surface area contributed by atoms with Gasteiger partial charge in [-0.1, -0.05) is 170 Å². The van der Waals surface area contributed by atoms with Crippen molar-refractivity contribution < 1.29 is 5.48 Å². The summed E-state index contributed by atoms with van der Waals surface area (Å²) in [6.45, 7) is 0. The van der Waals surface area contributed by atoms with Gasteiger partial charge in [-0.3, -0.25) is 0 Å². The Morgan fingerprint density at radius 2 is 0.804 bits per heavy atom.